The Morgan fingerprint density at radius 3 is 2.44 bits per heavy atom. The van der Waals surface area contributed by atoms with Crippen LogP contribution in [0.1, 0.15) is 11.1 Å². The minimum atomic E-state index is -0.523. The molecule has 36 heavy (non-hydrogen) atoms. The zero-order valence-electron chi connectivity index (χ0n) is 19.0. The van der Waals surface area contributed by atoms with Crippen molar-refractivity contribution in [1.29, 1.82) is 0 Å². The normalized spacial score (nSPS) is 11.7. The number of hydrazone groups is 1. The highest BCUT2D eigenvalue weighted by atomic mass is 32.1. The lowest BCUT2D eigenvalue weighted by Crippen LogP contribution is -2.26. The first-order chi connectivity index (χ1) is 17.6. The van der Waals surface area contributed by atoms with Crippen molar-refractivity contribution in [2.24, 2.45) is 10.8 Å². The molecule has 176 valence electrons. The molecule has 0 aliphatic carbocycles. The van der Waals surface area contributed by atoms with Gasteiger partial charge in [0.25, 0.3) is 0 Å². The Labute approximate surface area is 212 Å². The fraction of sp³-hybridized carbons (Fsp3) is 0. The maximum Gasteiger partial charge on any atom is 0.345 e. The van der Waals surface area contributed by atoms with Crippen LogP contribution in [0.25, 0.3) is 34.0 Å². The number of para-hydroxylation sites is 2. The Balaban J connectivity index is 1.61. The van der Waals surface area contributed by atoms with Gasteiger partial charge in [-0.3, -0.25) is 5.43 Å². The van der Waals surface area contributed by atoms with Crippen LogP contribution >= 0.6 is 12.2 Å². The molecule has 0 spiro atoms. The summed E-state index contributed by atoms with van der Waals surface area (Å²) in [6, 6.07) is 28.7. The summed E-state index contributed by atoms with van der Waals surface area (Å²) >= 11 is 4.91. The van der Waals surface area contributed by atoms with Gasteiger partial charge in [-0.1, -0.05) is 66.7 Å². The van der Waals surface area contributed by atoms with E-state index in [1.54, 1.807) is 18.2 Å². The van der Waals surface area contributed by atoms with Crippen molar-refractivity contribution >= 4 is 40.1 Å². The molecule has 8 heteroatoms. The monoisotopic (exact) mass is 491 g/mol. The third kappa shape index (κ3) is 4.98. The fourth-order valence-electron chi connectivity index (χ4n) is 3.75. The lowest BCUT2D eigenvalue weighted by molar-refractivity contribution is 0.559. The van der Waals surface area contributed by atoms with Crippen molar-refractivity contribution < 1.29 is 4.42 Å². The average Bonchev–Trinajstić information content (AvgIpc) is 3.34. The molecule has 0 unspecified atom stereocenters. The predicted molar refractivity (Wildman–Crippen MR) is 147 cm³/mol. The van der Waals surface area contributed by atoms with E-state index in [9.17, 15) is 4.79 Å². The third-order valence-corrected chi connectivity index (χ3v) is 5.53. The van der Waals surface area contributed by atoms with Gasteiger partial charge in [-0.15, -0.1) is 0 Å². The molecule has 5 aromatic rings. The van der Waals surface area contributed by atoms with E-state index in [2.05, 4.69) is 10.5 Å². The molecule has 0 amide bonds. The molecule has 3 aromatic carbocycles. The number of hydrogen-bond donors (Lipinski definition) is 2. The van der Waals surface area contributed by atoms with Gasteiger partial charge in [-0.25, -0.2) is 9.48 Å². The van der Waals surface area contributed by atoms with Gasteiger partial charge in [0.15, 0.2) is 5.11 Å². The van der Waals surface area contributed by atoms with Gasteiger partial charge in [0.2, 0.25) is 0 Å². The molecule has 0 atom stereocenters. The quantitative estimate of drug-likeness (QED) is 0.152. The Kier molecular flexibility index (Phi) is 6.51. The standard InChI is InChI=1S/C28H21N5O2S/c29-28(36)31-30-24(23-17-20-11-7-8-14-25(20)35-27(23)34)16-15-21-18-33(22-12-5-2-6-13-22)32-26(21)19-9-3-1-4-10-19/h1-18H,(H3,29,31,36)/b16-15+,30-24+. The number of aromatic nitrogens is 2. The zero-order chi connectivity index (χ0) is 24.9. The van der Waals surface area contributed by atoms with Crippen LogP contribution in [-0.4, -0.2) is 20.6 Å². The van der Waals surface area contributed by atoms with E-state index in [-0.39, 0.29) is 10.7 Å². The van der Waals surface area contributed by atoms with Crippen LogP contribution in [0.5, 0.6) is 0 Å². The van der Waals surface area contributed by atoms with Crippen molar-refractivity contribution in [2.75, 3.05) is 0 Å². The van der Waals surface area contributed by atoms with Crippen LogP contribution in [0, 0.1) is 0 Å². The van der Waals surface area contributed by atoms with Crippen LogP contribution in [0.3, 0.4) is 0 Å². The van der Waals surface area contributed by atoms with Gasteiger partial charge in [0, 0.05) is 22.7 Å². The van der Waals surface area contributed by atoms with Crippen LogP contribution < -0.4 is 16.8 Å². The summed E-state index contributed by atoms with van der Waals surface area (Å²) in [5.41, 5.74) is 12.2. The highest BCUT2D eigenvalue weighted by molar-refractivity contribution is 7.80. The Bertz CT molecular complexity index is 1650. The van der Waals surface area contributed by atoms with E-state index in [4.69, 9.17) is 27.5 Å². The number of allylic oxidation sites excluding steroid dienone is 1. The first kappa shape index (κ1) is 22.9. The third-order valence-electron chi connectivity index (χ3n) is 5.44. The SMILES string of the molecule is NC(=S)N/N=C(\C=C\c1cn(-c2ccccc2)nc1-c1ccccc1)c1cc2ccccc2oc1=O. The van der Waals surface area contributed by atoms with E-state index >= 15 is 0 Å². The van der Waals surface area contributed by atoms with Gasteiger partial charge in [0.1, 0.15) is 5.58 Å². The molecule has 0 aliphatic heterocycles. The Hall–Kier alpha value is -4.82. The minimum Gasteiger partial charge on any atom is -0.422 e. The second-order valence-corrected chi connectivity index (χ2v) is 8.31. The summed E-state index contributed by atoms with van der Waals surface area (Å²) in [7, 11) is 0. The van der Waals surface area contributed by atoms with Crippen LogP contribution in [0.15, 0.2) is 118 Å². The van der Waals surface area contributed by atoms with E-state index < -0.39 is 5.63 Å². The molecule has 2 aromatic heterocycles. The highest BCUT2D eigenvalue weighted by Gasteiger charge is 2.13. The van der Waals surface area contributed by atoms with E-state index in [0.29, 0.717) is 11.3 Å². The lowest BCUT2D eigenvalue weighted by atomic mass is 10.1. The molecule has 3 N–H and O–H groups in total. The summed E-state index contributed by atoms with van der Waals surface area (Å²) in [6.07, 6.45) is 5.49. The first-order valence-electron chi connectivity index (χ1n) is 11.1. The zero-order valence-corrected chi connectivity index (χ0v) is 19.9. The number of nitrogens with one attached hydrogen (secondary N) is 1. The Morgan fingerprint density at radius 1 is 1.00 bits per heavy atom. The summed E-state index contributed by atoms with van der Waals surface area (Å²) < 4.78 is 7.32. The number of fused-ring (bicyclic) bond motifs is 1. The maximum atomic E-state index is 12.8. The van der Waals surface area contributed by atoms with E-state index in [1.165, 1.54) is 0 Å². The van der Waals surface area contributed by atoms with Crippen molar-refractivity contribution in [3.8, 4) is 16.9 Å². The second-order valence-electron chi connectivity index (χ2n) is 7.87. The van der Waals surface area contributed by atoms with E-state index in [0.717, 1.165) is 27.9 Å². The van der Waals surface area contributed by atoms with Crippen molar-refractivity contribution in [2.45, 2.75) is 0 Å². The number of hydrogen-bond acceptors (Lipinski definition) is 5. The maximum absolute atomic E-state index is 12.8. The molecule has 5 rings (SSSR count). The number of nitrogens with two attached hydrogens (primary N) is 1. The first-order valence-corrected chi connectivity index (χ1v) is 11.5. The molecule has 0 saturated carbocycles. The van der Waals surface area contributed by atoms with E-state index in [1.807, 2.05) is 95.8 Å². The molecule has 0 fully saturated rings. The number of rotatable bonds is 6. The smallest absolute Gasteiger partial charge is 0.345 e. The largest absolute Gasteiger partial charge is 0.422 e. The predicted octanol–water partition coefficient (Wildman–Crippen LogP) is 4.90. The van der Waals surface area contributed by atoms with Gasteiger partial charge >= 0.3 is 5.63 Å². The highest BCUT2D eigenvalue weighted by Crippen LogP contribution is 2.25. The molecule has 0 radical (unpaired) electrons. The van der Waals surface area contributed by atoms with Crippen LogP contribution in [-0.2, 0) is 0 Å². The van der Waals surface area contributed by atoms with Crippen molar-refractivity contribution in [1.82, 2.24) is 15.2 Å². The van der Waals surface area contributed by atoms with Crippen LogP contribution in [0.4, 0.5) is 0 Å². The topological polar surface area (TPSA) is 98.4 Å². The van der Waals surface area contributed by atoms with Crippen molar-refractivity contribution in [3.05, 3.63) is 125 Å². The number of nitrogens with zero attached hydrogens (tertiary/aromatic N) is 3. The van der Waals surface area contributed by atoms with Crippen LogP contribution in [0.2, 0.25) is 0 Å². The minimum absolute atomic E-state index is 0.0204. The van der Waals surface area contributed by atoms with Gasteiger partial charge in [-0.2, -0.15) is 10.2 Å². The lowest BCUT2D eigenvalue weighted by Gasteiger charge is -2.04. The van der Waals surface area contributed by atoms with Gasteiger partial charge < -0.3 is 10.2 Å². The molecular weight excluding hydrogens is 470 g/mol. The Morgan fingerprint density at radius 2 is 1.69 bits per heavy atom. The van der Waals surface area contributed by atoms with Gasteiger partial charge in [-0.05, 0) is 48.6 Å². The summed E-state index contributed by atoms with van der Waals surface area (Å²) in [6.45, 7) is 0. The number of thiocarbonyl (C=S) groups is 1. The molecule has 2 heterocycles. The molecular formula is C28H21N5O2S. The summed E-state index contributed by atoms with van der Waals surface area (Å²) in [4.78, 5) is 12.8. The molecule has 7 nitrogen and oxygen atoms in total. The van der Waals surface area contributed by atoms with Gasteiger partial charge in [0.05, 0.1) is 22.7 Å². The summed E-state index contributed by atoms with van der Waals surface area (Å²) in [5, 5.41) is 9.84. The van der Waals surface area contributed by atoms with Crippen molar-refractivity contribution in [3.63, 3.8) is 0 Å². The molecule has 0 aliphatic rings. The fourth-order valence-corrected chi connectivity index (χ4v) is 3.80. The number of benzene rings is 3. The average molecular weight is 492 g/mol. The molecule has 0 bridgehead atoms. The molecule has 0 saturated heterocycles. The second kappa shape index (κ2) is 10.2. The summed E-state index contributed by atoms with van der Waals surface area (Å²) in [5.74, 6) is 0.